The molecule has 0 radical (unpaired) electrons. The van der Waals surface area contributed by atoms with Crippen molar-refractivity contribution in [1.29, 1.82) is 0 Å². The number of hydrogen-bond donors (Lipinski definition) is 2. The molecule has 1 aliphatic rings. The summed E-state index contributed by atoms with van der Waals surface area (Å²) in [6.07, 6.45) is 0.340. The van der Waals surface area contributed by atoms with Crippen LogP contribution in [0.25, 0.3) is 0 Å². The largest absolute Gasteiger partial charge is 0.508 e. The molecule has 1 aromatic rings. The second-order valence-corrected chi connectivity index (χ2v) is 7.76. The second-order valence-electron chi connectivity index (χ2n) is 5.57. The molecular formula is C14H17NO6S. The molecular weight excluding hydrogens is 310 g/mol. The molecule has 1 heterocycles. The van der Waals surface area contributed by atoms with Crippen LogP contribution < -0.4 is 5.32 Å². The normalized spacial score (nSPS) is 23.0. The molecule has 1 atom stereocenters. The van der Waals surface area contributed by atoms with Gasteiger partial charge in [-0.05, 0) is 37.6 Å². The van der Waals surface area contributed by atoms with Gasteiger partial charge in [0.15, 0.2) is 16.4 Å². The molecule has 1 aromatic carbocycles. The van der Waals surface area contributed by atoms with E-state index in [1.165, 1.54) is 24.3 Å². The maximum absolute atomic E-state index is 11.8. The fourth-order valence-corrected chi connectivity index (χ4v) is 4.39. The lowest BCUT2D eigenvalue weighted by atomic mass is 10.0. The van der Waals surface area contributed by atoms with E-state index in [4.69, 9.17) is 9.84 Å². The maximum atomic E-state index is 11.8. The molecule has 0 spiro atoms. The molecule has 1 aliphatic heterocycles. The summed E-state index contributed by atoms with van der Waals surface area (Å²) in [4.78, 5) is 23.5. The molecule has 7 nitrogen and oxygen atoms in total. The van der Waals surface area contributed by atoms with Gasteiger partial charge in [-0.3, -0.25) is 4.79 Å². The van der Waals surface area contributed by atoms with E-state index in [9.17, 15) is 18.0 Å². The Morgan fingerprint density at radius 1 is 1.32 bits per heavy atom. The number of ether oxygens (including phenoxy) is 1. The van der Waals surface area contributed by atoms with Crippen molar-refractivity contribution in [3.8, 4) is 5.75 Å². The van der Waals surface area contributed by atoms with E-state index in [1.54, 1.807) is 6.92 Å². The highest BCUT2D eigenvalue weighted by Gasteiger charge is 2.39. The van der Waals surface area contributed by atoms with Crippen molar-refractivity contribution in [2.45, 2.75) is 18.9 Å². The van der Waals surface area contributed by atoms with Crippen LogP contribution in [-0.4, -0.2) is 49.1 Å². The predicted octanol–water partition coefficient (Wildman–Crippen LogP) is 0.242. The van der Waals surface area contributed by atoms with Crippen LogP contribution in [0.15, 0.2) is 24.3 Å². The standard InChI is InChI=1S/C14H17NO6S/c1-14(6-7-22(19,20)9-14)15-12(17)8-21-13(18)10-2-4-11(16)5-3-10/h2-5,16H,6-9H2,1H3,(H,15,17)/t14-/m0/s1. The summed E-state index contributed by atoms with van der Waals surface area (Å²) in [5.41, 5.74) is -0.610. The Bertz CT molecular complexity index is 682. The highest BCUT2D eigenvalue weighted by Crippen LogP contribution is 2.22. The first-order valence-corrected chi connectivity index (χ1v) is 8.49. The van der Waals surface area contributed by atoms with Gasteiger partial charge >= 0.3 is 5.97 Å². The summed E-state index contributed by atoms with van der Waals surface area (Å²) in [5, 5.41) is 11.7. The Morgan fingerprint density at radius 2 is 1.95 bits per heavy atom. The molecule has 2 N–H and O–H groups in total. The fourth-order valence-electron chi connectivity index (χ4n) is 2.29. The third-order valence-electron chi connectivity index (χ3n) is 3.38. The van der Waals surface area contributed by atoms with Crippen LogP contribution in [0.4, 0.5) is 0 Å². The van der Waals surface area contributed by atoms with Crippen molar-refractivity contribution in [3.05, 3.63) is 29.8 Å². The van der Waals surface area contributed by atoms with E-state index in [0.29, 0.717) is 6.42 Å². The third-order valence-corrected chi connectivity index (χ3v) is 5.28. The Morgan fingerprint density at radius 3 is 2.50 bits per heavy atom. The van der Waals surface area contributed by atoms with Crippen molar-refractivity contribution in [1.82, 2.24) is 5.32 Å². The third kappa shape index (κ3) is 4.20. The SMILES string of the molecule is C[C@]1(NC(=O)COC(=O)c2ccc(O)cc2)CCS(=O)(=O)C1. The lowest BCUT2D eigenvalue weighted by molar-refractivity contribution is -0.125. The number of amides is 1. The van der Waals surface area contributed by atoms with Gasteiger partial charge in [0.1, 0.15) is 5.75 Å². The van der Waals surface area contributed by atoms with Gasteiger partial charge < -0.3 is 15.2 Å². The number of carbonyl (C=O) groups is 2. The summed E-state index contributed by atoms with van der Waals surface area (Å²) in [5.74, 6) is -1.30. The average Bonchev–Trinajstić information content (AvgIpc) is 2.70. The second kappa shape index (κ2) is 5.96. The van der Waals surface area contributed by atoms with Gasteiger partial charge in [0.05, 0.1) is 22.6 Å². The molecule has 0 saturated carbocycles. The van der Waals surface area contributed by atoms with Crippen molar-refractivity contribution in [3.63, 3.8) is 0 Å². The average molecular weight is 327 g/mol. The van der Waals surface area contributed by atoms with Gasteiger partial charge in [-0.2, -0.15) is 0 Å². The van der Waals surface area contributed by atoms with Gasteiger partial charge in [0, 0.05) is 0 Å². The van der Waals surface area contributed by atoms with Gasteiger partial charge in [-0.1, -0.05) is 0 Å². The number of rotatable bonds is 4. The molecule has 0 aromatic heterocycles. The Balaban J connectivity index is 1.85. The number of esters is 1. The highest BCUT2D eigenvalue weighted by atomic mass is 32.2. The molecule has 1 saturated heterocycles. The summed E-state index contributed by atoms with van der Waals surface area (Å²) >= 11 is 0. The molecule has 1 amide bonds. The minimum Gasteiger partial charge on any atom is -0.508 e. The zero-order valence-corrected chi connectivity index (χ0v) is 12.9. The Hall–Kier alpha value is -2.09. The monoisotopic (exact) mass is 327 g/mol. The summed E-state index contributed by atoms with van der Waals surface area (Å²) < 4.78 is 27.8. The number of nitrogens with one attached hydrogen (secondary N) is 1. The first kappa shape index (κ1) is 16.3. The van der Waals surface area contributed by atoms with E-state index < -0.39 is 33.9 Å². The number of phenols is 1. The van der Waals surface area contributed by atoms with Crippen LogP contribution >= 0.6 is 0 Å². The Kier molecular flexibility index (Phi) is 4.41. The van der Waals surface area contributed by atoms with E-state index in [-0.39, 0.29) is 22.8 Å². The zero-order valence-electron chi connectivity index (χ0n) is 12.0. The number of phenolic OH excluding ortho intramolecular Hbond substituents is 1. The smallest absolute Gasteiger partial charge is 0.338 e. The van der Waals surface area contributed by atoms with Crippen LogP contribution in [0.3, 0.4) is 0 Å². The number of benzene rings is 1. The maximum Gasteiger partial charge on any atom is 0.338 e. The van der Waals surface area contributed by atoms with Crippen LogP contribution in [-0.2, 0) is 19.4 Å². The van der Waals surface area contributed by atoms with Gasteiger partial charge in [-0.15, -0.1) is 0 Å². The number of carbonyl (C=O) groups excluding carboxylic acids is 2. The molecule has 22 heavy (non-hydrogen) atoms. The van der Waals surface area contributed by atoms with Crippen LogP contribution in [0.5, 0.6) is 5.75 Å². The van der Waals surface area contributed by atoms with Gasteiger partial charge in [-0.25, -0.2) is 13.2 Å². The van der Waals surface area contributed by atoms with Crippen molar-refractivity contribution < 1.29 is 27.9 Å². The van der Waals surface area contributed by atoms with Gasteiger partial charge in [0.25, 0.3) is 5.91 Å². The molecule has 0 bridgehead atoms. The number of sulfone groups is 1. The van der Waals surface area contributed by atoms with Crippen molar-refractivity contribution >= 4 is 21.7 Å². The molecule has 120 valence electrons. The zero-order chi connectivity index (χ0) is 16.4. The van der Waals surface area contributed by atoms with Crippen molar-refractivity contribution in [2.75, 3.05) is 18.1 Å². The van der Waals surface area contributed by atoms with E-state index in [0.717, 1.165) is 0 Å². The van der Waals surface area contributed by atoms with E-state index in [1.807, 2.05) is 0 Å². The van der Waals surface area contributed by atoms with Crippen molar-refractivity contribution in [2.24, 2.45) is 0 Å². The topological polar surface area (TPSA) is 110 Å². The minimum atomic E-state index is -3.12. The highest BCUT2D eigenvalue weighted by molar-refractivity contribution is 7.91. The lowest BCUT2D eigenvalue weighted by Gasteiger charge is -2.23. The molecule has 2 rings (SSSR count). The lowest BCUT2D eigenvalue weighted by Crippen LogP contribution is -2.48. The summed E-state index contributed by atoms with van der Waals surface area (Å²) in [6.45, 7) is 1.16. The minimum absolute atomic E-state index is 0.0182. The first-order chi connectivity index (χ1) is 10.2. The van der Waals surface area contributed by atoms with Crippen LogP contribution in [0.2, 0.25) is 0 Å². The number of hydrogen-bond acceptors (Lipinski definition) is 6. The van der Waals surface area contributed by atoms with Gasteiger partial charge in [0.2, 0.25) is 0 Å². The Labute approximate surface area is 128 Å². The number of aromatic hydroxyl groups is 1. The first-order valence-electron chi connectivity index (χ1n) is 6.67. The summed E-state index contributed by atoms with van der Waals surface area (Å²) in [6, 6.07) is 5.42. The fraction of sp³-hybridized carbons (Fsp3) is 0.429. The quantitative estimate of drug-likeness (QED) is 0.767. The molecule has 8 heteroatoms. The summed E-state index contributed by atoms with van der Waals surface area (Å²) in [7, 11) is -3.12. The molecule has 0 unspecified atom stereocenters. The van der Waals surface area contributed by atoms with E-state index >= 15 is 0 Å². The van der Waals surface area contributed by atoms with Crippen LogP contribution in [0, 0.1) is 0 Å². The van der Waals surface area contributed by atoms with Crippen LogP contribution in [0.1, 0.15) is 23.7 Å². The van der Waals surface area contributed by atoms with E-state index in [2.05, 4.69) is 5.32 Å². The predicted molar refractivity (Wildman–Crippen MR) is 78.2 cm³/mol. The molecule has 0 aliphatic carbocycles. The molecule has 1 fully saturated rings.